The summed E-state index contributed by atoms with van der Waals surface area (Å²) in [7, 11) is 0. The number of likely N-dealkylation sites (tertiary alicyclic amines) is 1. The van der Waals surface area contributed by atoms with Crippen molar-refractivity contribution in [3.8, 4) is 11.8 Å². The van der Waals surface area contributed by atoms with Crippen molar-refractivity contribution in [1.29, 1.82) is 0 Å². The van der Waals surface area contributed by atoms with Crippen molar-refractivity contribution in [2.24, 2.45) is 5.92 Å². The van der Waals surface area contributed by atoms with Crippen LogP contribution in [0.15, 0.2) is 43.4 Å². The number of aromatic nitrogens is 4. The molecule has 32 heavy (non-hydrogen) atoms. The molecule has 0 spiro atoms. The predicted octanol–water partition coefficient (Wildman–Crippen LogP) is 2.40. The highest BCUT2D eigenvalue weighted by atomic mass is 16.2. The molecule has 8 nitrogen and oxygen atoms in total. The molecule has 3 N–H and O–H groups in total. The second-order valence-corrected chi connectivity index (χ2v) is 7.90. The number of fused-ring (bicyclic) bond motifs is 2. The first-order valence-corrected chi connectivity index (χ1v) is 10.4. The van der Waals surface area contributed by atoms with E-state index in [1.807, 2.05) is 35.9 Å². The van der Waals surface area contributed by atoms with Gasteiger partial charge in [0.1, 0.15) is 23.4 Å². The molecule has 4 heterocycles. The molecule has 5 rings (SSSR count). The zero-order chi connectivity index (χ0) is 22.2. The van der Waals surface area contributed by atoms with Crippen LogP contribution in [0, 0.1) is 24.7 Å². The number of nitrogens with one attached hydrogen (secondary N) is 1. The highest BCUT2D eigenvalue weighted by Gasteiger charge is 2.32. The zero-order valence-electron chi connectivity index (χ0n) is 17.7. The maximum absolute atomic E-state index is 11.9. The van der Waals surface area contributed by atoms with Crippen LogP contribution in [-0.4, -0.2) is 54.6 Å². The highest BCUT2D eigenvalue weighted by molar-refractivity contribution is 5.91. The van der Waals surface area contributed by atoms with Gasteiger partial charge in [-0.15, -0.1) is 0 Å². The minimum atomic E-state index is -0.0409. The number of hydrogen-bond donors (Lipinski definition) is 2. The van der Waals surface area contributed by atoms with E-state index < -0.39 is 0 Å². The second-order valence-electron chi connectivity index (χ2n) is 7.90. The number of nitrogen functional groups attached to an aromatic ring is 1. The maximum Gasteiger partial charge on any atom is 0.341 e. The smallest absolute Gasteiger partial charge is 0.341 e. The summed E-state index contributed by atoms with van der Waals surface area (Å²) in [6.07, 6.45) is 7.70. The molecule has 1 fully saturated rings. The van der Waals surface area contributed by atoms with Gasteiger partial charge >= 0.3 is 5.82 Å². The molecule has 1 saturated heterocycles. The van der Waals surface area contributed by atoms with Gasteiger partial charge in [0, 0.05) is 24.6 Å². The molecular formula is C24H22N7O+. The molecule has 1 atom stereocenters. The first-order chi connectivity index (χ1) is 15.5. The van der Waals surface area contributed by atoms with Gasteiger partial charge in [0.05, 0.1) is 22.8 Å². The van der Waals surface area contributed by atoms with Crippen molar-refractivity contribution in [2.45, 2.75) is 13.3 Å². The number of carbonyl (C=O) groups excluding carboxylic acids is 1. The van der Waals surface area contributed by atoms with E-state index in [2.05, 4.69) is 44.6 Å². The van der Waals surface area contributed by atoms with Gasteiger partial charge in [0.15, 0.2) is 0 Å². The molecule has 1 amide bonds. The number of anilines is 1. The van der Waals surface area contributed by atoms with Crippen LogP contribution in [0.25, 0.3) is 16.6 Å². The zero-order valence-corrected chi connectivity index (χ0v) is 17.7. The number of imidazole rings is 1. The summed E-state index contributed by atoms with van der Waals surface area (Å²) < 4.78 is 1.95. The Labute approximate surface area is 185 Å². The van der Waals surface area contributed by atoms with E-state index >= 15 is 0 Å². The van der Waals surface area contributed by atoms with Crippen LogP contribution >= 0.6 is 0 Å². The topological polar surface area (TPSA) is 104 Å². The summed E-state index contributed by atoms with van der Waals surface area (Å²) in [5, 5.41) is 0. The van der Waals surface area contributed by atoms with Crippen molar-refractivity contribution in [3.05, 3.63) is 60.3 Å². The average Bonchev–Trinajstić information content (AvgIpc) is 3.49. The van der Waals surface area contributed by atoms with E-state index in [4.69, 9.17) is 5.73 Å². The van der Waals surface area contributed by atoms with Crippen molar-refractivity contribution >= 4 is 40.4 Å². The molecule has 2 aliphatic rings. The lowest BCUT2D eigenvalue weighted by Crippen LogP contribution is -2.27. The van der Waals surface area contributed by atoms with Gasteiger partial charge in [-0.2, -0.15) is 4.98 Å². The summed E-state index contributed by atoms with van der Waals surface area (Å²) in [6.45, 7) is 6.86. The lowest BCUT2D eigenvalue weighted by molar-refractivity contribution is -0.357. The number of aryl methyl sites for hydroxylation is 1. The summed E-state index contributed by atoms with van der Waals surface area (Å²) in [5.41, 5.74) is 10.4. The summed E-state index contributed by atoms with van der Waals surface area (Å²) in [4.78, 5) is 30.0. The molecule has 2 aromatic heterocycles. The van der Waals surface area contributed by atoms with E-state index in [0.717, 1.165) is 40.0 Å². The number of hydrogen-bond acceptors (Lipinski definition) is 5. The molecule has 3 aromatic rings. The minimum absolute atomic E-state index is 0.0409. The Balaban J connectivity index is 1.48. The Hall–Kier alpha value is -4.25. The van der Waals surface area contributed by atoms with E-state index in [-0.39, 0.29) is 11.8 Å². The number of H-pyrrole nitrogens is 1. The van der Waals surface area contributed by atoms with E-state index in [1.165, 1.54) is 12.4 Å². The molecule has 2 aliphatic heterocycles. The maximum atomic E-state index is 11.9. The second kappa shape index (κ2) is 7.78. The van der Waals surface area contributed by atoms with Crippen molar-refractivity contribution < 1.29 is 9.37 Å². The quantitative estimate of drug-likeness (QED) is 0.374. The number of nitrogens with two attached hydrogens (primary N) is 1. The number of carbonyl (C=O) groups is 1. The van der Waals surface area contributed by atoms with Gasteiger partial charge in [-0.3, -0.25) is 4.79 Å². The first kappa shape index (κ1) is 19.7. The van der Waals surface area contributed by atoms with Crippen molar-refractivity contribution in [3.63, 3.8) is 0 Å². The van der Waals surface area contributed by atoms with Gasteiger partial charge in [-0.25, -0.2) is 9.56 Å². The molecule has 0 bridgehead atoms. The lowest BCUT2D eigenvalue weighted by atomic mass is 10.1. The third-order valence-corrected chi connectivity index (χ3v) is 5.66. The molecular weight excluding hydrogens is 402 g/mol. The van der Waals surface area contributed by atoms with Crippen LogP contribution < -0.4 is 5.73 Å². The van der Waals surface area contributed by atoms with E-state index in [0.29, 0.717) is 24.7 Å². The van der Waals surface area contributed by atoms with Gasteiger partial charge in [0.25, 0.3) is 0 Å². The average molecular weight is 424 g/mol. The predicted molar refractivity (Wildman–Crippen MR) is 123 cm³/mol. The van der Waals surface area contributed by atoms with Gasteiger partial charge in [-0.1, -0.05) is 18.4 Å². The third kappa shape index (κ3) is 3.54. The van der Waals surface area contributed by atoms with Gasteiger partial charge < -0.3 is 15.6 Å². The SMILES string of the molecule is C=CC(=O)N1CCC(C=[N+]2C=C(C#Cc3ccc4nc(C)[nH]c4c3)c3c(N)ncnc32)C1. The first-order valence-electron chi connectivity index (χ1n) is 10.4. The van der Waals surface area contributed by atoms with E-state index in [9.17, 15) is 4.79 Å². The van der Waals surface area contributed by atoms with Crippen LogP contribution in [0.1, 0.15) is 23.4 Å². The van der Waals surface area contributed by atoms with Crippen LogP contribution in [0.4, 0.5) is 11.6 Å². The number of rotatable bonds is 2. The molecule has 0 aliphatic carbocycles. The standard InChI is InChI=1S/C24H22N7O/c1-3-21(32)30-9-8-17(11-30)12-31-13-18(22-23(25)26-14-27-24(22)31)6-4-16-5-7-19-20(10-16)29-15(2)28-19/h3,5,7,10,12-14,17H,1,8-9,11H2,2H3,(H,28,29)(H2,25,26,27)/q+1. The number of benzene rings is 1. The molecule has 8 heteroatoms. The van der Waals surface area contributed by atoms with Crippen LogP contribution in [-0.2, 0) is 4.79 Å². The number of allylic oxidation sites excluding steroid dienone is 1. The Kier molecular flexibility index (Phi) is 4.79. The highest BCUT2D eigenvalue weighted by Crippen LogP contribution is 2.34. The fourth-order valence-corrected chi connectivity index (χ4v) is 4.14. The van der Waals surface area contributed by atoms with Crippen molar-refractivity contribution in [2.75, 3.05) is 18.8 Å². The van der Waals surface area contributed by atoms with Crippen LogP contribution in [0.3, 0.4) is 0 Å². The lowest BCUT2D eigenvalue weighted by Gasteiger charge is -2.12. The fraction of sp³-hybridized carbons (Fsp3) is 0.208. The van der Waals surface area contributed by atoms with Gasteiger partial charge in [-0.05, 0) is 42.6 Å². The number of nitrogens with zero attached hydrogens (tertiary/aromatic N) is 5. The Bertz CT molecular complexity index is 1390. The van der Waals surface area contributed by atoms with E-state index in [1.54, 1.807) is 4.90 Å². The normalized spacial score (nSPS) is 18.4. The largest absolute Gasteiger partial charge is 0.383 e. The Morgan fingerprint density at radius 2 is 2.25 bits per heavy atom. The molecule has 0 radical (unpaired) electrons. The summed E-state index contributed by atoms with van der Waals surface area (Å²) >= 11 is 0. The number of aromatic amines is 1. The summed E-state index contributed by atoms with van der Waals surface area (Å²) in [5.74, 6) is 8.58. The molecule has 1 aromatic carbocycles. The number of amides is 1. The monoisotopic (exact) mass is 424 g/mol. The molecule has 1 unspecified atom stereocenters. The Morgan fingerprint density at radius 1 is 1.38 bits per heavy atom. The van der Waals surface area contributed by atoms with Crippen LogP contribution in [0.2, 0.25) is 0 Å². The minimum Gasteiger partial charge on any atom is -0.383 e. The van der Waals surface area contributed by atoms with Crippen molar-refractivity contribution in [1.82, 2.24) is 24.8 Å². The molecule has 0 saturated carbocycles. The fourth-order valence-electron chi connectivity index (χ4n) is 4.14. The molecule has 158 valence electrons. The Morgan fingerprint density at radius 3 is 3.09 bits per heavy atom. The third-order valence-electron chi connectivity index (χ3n) is 5.66. The van der Waals surface area contributed by atoms with Crippen LogP contribution in [0.5, 0.6) is 0 Å². The summed E-state index contributed by atoms with van der Waals surface area (Å²) in [6, 6.07) is 5.88. The van der Waals surface area contributed by atoms with Gasteiger partial charge in [0.2, 0.25) is 12.2 Å².